The summed E-state index contributed by atoms with van der Waals surface area (Å²) in [4.78, 5) is 4.29. The van der Waals surface area contributed by atoms with Crippen LogP contribution in [0.4, 0.5) is 0 Å². The van der Waals surface area contributed by atoms with Crippen LogP contribution in [0.25, 0.3) is 0 Å². The number of hydrogen-bond donors (Lipinski definition) is 1. The van der Waals surface area contributed by atoms with Crippen molar-refractivity contribution < 1.29 is 4.74 Å². The maximum atomic E-state index is 5.54. The molecule has 2 rings (SSSR count). The average molecular weight is 220 g/mol. The van der Waals surface area contributed by atoms with Gasteiger partial charge < -0.3 is 10.5 Å². The zero-order chi connectivity index (χ0) is 11.4. The van der Waals surface area contributed by atoms with Crippen molar-refractivity contribution in [3.63, 3.8) is 0 Å². The van der Waals surface area contributed by atoms with Gasteiger partial charge in [0.15, 0.2) is 0 Å². The molecule has 1 aliphatic carbocycles. The van der Waals surface area contributed by atoms with E-state index in [0.29, 0.717) is 6.02 Å². The molecule has 3 nitrogen and oxygen atoms in total. The van der Waals surface area contributed by atoms with Crippen LogP contribution in [0.1, 0.15) is 39.0 Å². The fourth-order valence-corrected chi connectivity index (χ4v) is 2.24. The lowest BCUT2D eigenvalue weighted by Gasteiger charge is -2.12. The van der Waals surface area contributed by atoms with Crippen molar-refractivity contribution >= 4 is 6.02 Å². The fraction of sp³-hybridized carbons (Fsp3) is 0.615. The van der Waals surface area contributed by atoms with Gasteiger partial charge in [0.05, 0.1) is 6.04 Å². The molecule has 88 valence electrons. The van der Waals surface area contributed by atoms with Gasteiger partial charge in [0.25, 0.3) is 6.02 Å². The van der Waals surface area contributed by atoms with Crippen molar-refractivity contribution in [1.29, 1.82) is 0 Å². The molecule has 0 aromatic heterocycles. The Morgan fingerprint density at radius 1 is 1.50 bits per heavy atom. The molecule has 16 heavy (non-hydrogen) atoms. The van der Waals surface area contributed by atoms with Gasteiger partial charge in [-0.1, -0.05) is 23.8 Å². The summed E-state index contributed by atoms with van der Waals surface area (Å²) >= 11 is 0. The minimum Gasteiger partial charge on any atom is -0.460 e. The van der Waals surface area contributed by atoms with E-state index < -0.39 is 0 Å². The second-order valence-electron chi connectivity index (χ2n) is 4.51. The maximum Gasteiger partial charge on any atom is 0.282 e. The topological polar surface area (TPSA) is 47.6 Å². The summed E-state index contributed by atoms with van der Waals surface area (Å²) in [7, 11) is 0. The first-order chi connectivity index (χ1) is 7.75. The lowest BCUT2D eigenvalue weighted by atomic mass is 9.99. The Labute approximate surface area is 97.1 Å². The number of aliphatic imine (C=N–C) groups is 1. The molecule has 0 saturated heterocycles. The minimum absolute atomic E-state index is 0.149. The van der Waals surface area contributed by atoms with E-state index in [2.05, 4.69) is 23.2 Å². The number of amidine groups is 1. The number of ether oxygens (including phenoxy) is 1. The van der Waals surface area contributed by atoms with Crippen LogP contribution in [0, 0.1) is 0 Å². The molecule has 0 aromatic carbocycles. The lowest BCUT2D eigenvalue weighted by molar-refractivity contribution is 0.204. The normalized spacial score (nSPS) is 28.6. The molecule has 2 atom stereocenters. The molecule has 3 heteroatoms. The first kappa shape index (κ1) is 11.2. The van der Waals surface area contributed by atoms with Crippen LogP contribution >= 0.6 is 0 Å². The zero-order valence-corrected chi connectivity index (χ0v) is 9.86. The van der Waals surface area contributed by atoms with Crippen LogP contribution < -0.4 is 5.73 Å². The number of nitrogens with two attached hydrogens (primary N) is 1. The van der Waals surface area contributed by atoms with Gasteiger partial charge in [-0.2, -0.15) is 0 Å². The molecular weight excluding hydrogens is 200 g/mol. The van der Waals surface area contributed by atoms with E-state index in [9.17, 15) is 0 Å². The van der Waals surface area contributed by atoms with E-state index in [1.54, 1.807) is 0 Å². The zero-order valence-electron chi connectivity index (χ0n) is 9.86. The van der Waals surface area contributed by atoms with Crippen LogP contribution in [-0.4, -0.2) is 18.2 Å². The van der Waals surface area contributed by atoms with Crippen molar-refractivity contribution in [2.24, 2.45) is 10.7 Å². The van der Waals surface area contributed by atoms with Gasteiger partial charge in [-0.25, -0.2) is 4.99 Å². The summed E-state index contributed by atoms with van der Waals surface area (Å²) in [5.41, 5.74) is 7.00. The van der Waals surface area contributed by atoms with Crippen molar-refractivity contribution in [1.82, 2.24) is 0 Å². The molecule has 1 aliphatic heterocycles. The van der Waals surface area contributed by atoms with Gasteiger partial charge in [-0.3, -0.25) is 0 Å². The molecule has 2 aliphatic rings. The van der Waals surface area contributed by atoms with Crippen LogP contribution in [0.15, 0.2) is 28.8 Å². The van der Waals surface area contributed by atoms with Gasteiger partial charge in [-0.05, 0) is 39.0 Å². The Hall–Kier alpha value is -1.25. The van der Waals surface area contributed by atoms with Crippen LogP contribution in [-0.2, 0) is 4.74 Å². The van der Waals surface area contributed by atoms with Gasteiger partial charge >= 0.3 is 0 Å². The quantitative estimate of drug-likeness (QED) is 0.791. The third-order valence-corrected chi connectivity index (χ3v) is 3.18. The van der Waals surface area contributed by atoms with Gasteiger partial charge in [0.1, 0.15) is 6.10 Å². The Bertz CT molecular complexity index is 331. The van der Waals surface area contributed by atoms with Crippen LogP contribution in [0.2, 0.25) is 0 Å². The second kappa shape index (κ2) is 5.19. The minimum atomic E-state index is 0.149. The molecule has 0 spiro atoms. The molecule has 0 saturated carbocycles. The first-order valence-electron chi connectivity index (χ1n) is 6.11. The molecular formula is C13H20N2O. The summed E-state index contributed by atoms with van der Waals surface area (Å²) < 4.78 is 5.32. The monoisotopic (exact) mass is 220 g/mol. The smallest absolute Gasteiger partial charge is 0.282 e. The summed E-state index contributed by atoms with van der Waals surface area (Å²) in [6.45, 7) is 2.04. The van der Waals surface area contributed by atoms with E-state index >= 15 is 0 Å². The average Bonchev–Trinajstić information content (AvgIpc) is 2.59. The highest BCUT2D eigenvalue weighted by Gasteiger charge is 2.24. The van der Waals surface area contributed by atoms with Crippen molar-refractivity contribution in [3.05, 3.63) is 23.8 Å². The van der Waals surface area contributed by atoms with E-state index in [1.807, 2.05) is 6.92 Å². The molecule has 0 bridgehead atoms. The third-order valence-electron chi connectivity index (χ3n) is 3.18. The van der Waals surface area contributed by atoms with Crippen molar-refractivity contribution in [3.8, 4) is 0 Å². The predicted octanol–water partition coefficient (Wildman–Crippen LogP) is 2.54. The third kappa shape index (κ3) is 2.87. The highest BCUT2D eigenvalue weighted by Crippen LogP contribution is 2.21. The van der Waals surface area contributed by atoms with E-state index in [-0.39, 0.29) is 12.1 Å². The van der Waals surface area contributed by atoms with Crippen LogP contribution in [0.5, 0.6) is 0 Å². The summed E-state index contributed by atoms with van der Waals surface area (Å²) in [6.07, 6.45) is 12.7. The van der Waals surface area contributed by atoms with Gasteiger partial charge in [-0.15, -0.1) is 0 Å². The molecule has 0 amide bonds. The predicted molar refractivity (Wildman–Crippen MR) is 66.3 cm³/mol. The summed E-state index contributed by atoms with van der Waals surface area (Å²) in [6, 6.07) is 0.613. The van der Waals surface area contributed by atoms with Gasteiger partial charge in [0.2, 0.25) is 0 Å². The fourth-order valence-electron chi connectivity index (χ4n) is 2.24. The molecule has 1 heterocycles. The van der Waals surface area contributed by atoms with Crippen molar-refractivity contribution in [2.75, 3.05) is 0 Å². The Kier molecular flexibility index (Phi) is 3.65. The van der Waals surface area contributed by atoms with E-state index in [0.717, 1.165) is 19.3 Å². The number of hydrogen-bond acceptors (Lipinski definition) is 3. The first-order valence-corrected chi connectivity index (χ1v) is 6.11. The standard InChI is InChI=1S/C13H20N2O/c1-10-12(15-13(14)16-10)9-5-8-11-6-3-2-4-7-11/h3,6-7,10,12H,2,4-5,8-9H2,1H3,(H2,14,15). The van der Waals surface area contributed by atoms with Gasteiger partial charge in [0, 0.05) is 0 Å². The summed E-state index contributed by atoms with van der Waals surface area (Å²) in [5.74, 6) is 0. The number of nitrogens with zero attached hydrogens (tertiary/aromatic N) is 1. The maximum absolute atomic E-state index is 5.54. The Balaban J connectivity index is 1.72. The SMILES string of the molecule is CC1OC(N)=NC1CCCC1=CCCC=C1. The molecule has 0 radical (unpaired) electrons. The Morgan fingerprint density at radius 2 is 2.38 bits per heavy atom. The summed E-state index contributed by atoms with van der Waals surface area (Å²) in [5, 5.41) is 0. The molecule has 2 unspecified atom stereocenters. The highest BCUT2D eigenvalue weighted by molar-refractivity contribution is 5.73. The number of allylic oxidation sites excluding steroid dienone is 4. The van der Waals surface area contributed by atoms with Crippen LogP contribution in [0.3, 0.4) is 0 Å². The van der Waals surface area contributed by atoms with E-state index in [1.165, 1.54) is 18.4 Å². The number of rotatable bonds is 4. The lowest BCUT2D eigenvalue weighted by Crippen LogP contribution is -2.20. The second-order valence-corrected chi connectivity index (χ2v) is 4.51. The largest absolute Gasteiger partial charge is 0.460 e. The molecule has 0 fully saturated rings. The van der Waals surface area contributed by atoms with E-state index in [4.69, 9.17) is 10.5 Å². The van der Waals surface area contributed by atoms with Crippen molar-refractivity contribution in [2.45, 2.75) is 51.2 Å². The Morgan fingerprint density at radius 3 is 3.00 bits per heavy atom. The molecule has 2 N–H and O–H groups in total. The molecule has 0 aromatic rings. The highest BCUT2D eigenvalue weighted by atomic mass is 16.5.